The lowest BCUT2D eigenvalue weighted by molar-refractivity contribution is -0.140. The first-order valence-corrected chi connectivity index (χ1v) is 14.1. The van der Waals surface area contributed by atoms with Crippen molar-refractivity contribution >= 4 is 165 Å². The Morgan fingerprint density at radius 1 is 0.963 bits per heavy atom. The Labute approximate surface area is 252 Å². The highest BCUT2D eigenvalue weighted by Gasteiger charge is 2.58. The quantitative estimate of drug-likeness (QED) is 0.135. The van der Waals surface area contributed by atoms with Crippen molar-refractivity contribution in [1.82, 2.24) is 1.33 Å². The maximum atomic E-state index is 12.1. The highest BCUT2D eigenvalue weighted by Crippen LogP contribution is 2.58. The van der Waals surface area contributed by atoms with Crippen LogP contribution in [0.3, 0.4) is 0 Å². The third-order valence-electron chi connectivity index (χ3n) is 3.38. The van der Waals surface area contributed by atoms with Crippen LogP contribution in [-0.4, -0.2) is 21.1 Å². The van der Waals surface area contributed by atoms with Gasteiger partial charge in [-0.3, -0.25) is 0 Å². The minimum absolute atomic E-state index is 0.177. The van der Waals surface area contributed by atoms with Crippen LogP contribution in [0, 0.1) is 7.14 Å². The summed E-state index contributed by atoms with van der Waals surface area (Å²) in [5.74, 6) is 0.555. The maximum Gasteiger partial charge on any atom is 0.338 e. The number of ether oxygens (including phenoxy) is 1. The summed E-state index contributed by atoms with van der Waals surface area (Å²) < 4.78 is 7.51. The second kappa shape index (κ2) is 10.5. The van der Waals surface area contributed by atoms with E-state index in [0.29, 0.717) is 11.5 Å². The van der Waals surface area contributed by atoms with Gasteiger partial charge in [-0.05, 0) is 104 Å². The molecule has 0 spiro atoms. The van der Waals surface area contributed by atoms with Gasteiger partial charge in [0.15, 0.2) is 0 Å². The van der Waals surface area contributed by atoms with Gasteiger partial charge in [0.2, 0.25) is 3.55 Å². The number of phenolic OH excluding ortho intramolecular Hbond substituents is 1. The molecule has 2 rings (SSSR count). The Hall–Kier alpha value is 2.58. The van der Waals surface area contributed by atoms with Crippen molar-refractivity contribution in [2.75, 3.05) is 0 Å². The van der Waals surface area contributed by atoms with Gasteiger partial charge >= 0.3 is 5.97 Å². The fourth-order valence-electron chi connectivity index (χ4n) is 1.99. The number of hydrogen-bond donors (Lipinski definition) is 2. The van der Waals surface area contributed by atoms with Crippen molar-refractivity contribution in [1.29, 1.82) is 0 Å². The van der Waals surface area contributed by atoms with Crippen molar-refractivity contribution in [3.8, 4) is 17.2 Å². The molecule has 0 saturated heterocycles. The summed E-state index contributed by atoms with van der Waals surface area (Å²) in [6.07, 6.45) is 0. The maximum absolute atomic E-state index is 12.1. The first-order chi connectivity index (χ1) is 12.4. The summed E-state index contributed by atoms with van der Waals surface area (Å²) in [5.41, 5.74) is 0.905. The molecule has 2 N–H and O–H groups in total. The molecular formula is C15H8I7NO4. The predicted molar refractivity (Wildman–Crippen MR) is 164 cm³/mol. The van der Waals surface area contributed by atoms with E-state index in [2.05, 4.69) is 90.4 Å². The van der Waals surface area contributed by atoms with Crippen LogP contribution in [-0.2, 0) is 6.22 Å². The standard InChI is InChI=1S/C15H8I7NO4/c16-11-9(14(18,19)15(20,13(25)26)23(21)22)5-6-10(12(11)17)27-8-3-1-7(24)2-4-8/h1-6,24H,(H,25,26)/t15-/m1/s1. The summed E-state index contributed by atoms with van der Waals surface area (Å²) in [4.78, 5) is 12.1. The zero-order chi connectivity index (χ0) is 20.6. The number of nitrogens with zero attached hydrogens (tertiary/aromatic N) is 1. The van der Waals surface area contributed by atoms with Crippen LogP contribution in [0.2, 0.25) is 0 Å². The number of aliphatic carboxylic acids is 1. The first-order valence-electron chi connectivity index (χ1n) is 6.80. The molecule has 0 radical (unpaired) electrons. The average molecular weight is 1150 g/mol. The fraction of sp³-hybridized carbons (Fsp3) is 0.133. The number of halogens is 7. The van der Waals surface area contributed by atoms with E-state index < -0.39 is 10.9 Å². The number of hydrogen-bond acceptors (Lipinski definition) is 4. The number of carboxylic acids is 1. The molecule has 146 valence electrons. The van der Waals surface area contributed by atoms with Gasteiger partial charge in [-0.1, -0.05) is 51.2 Å². The summed E-state index contributed by atoms with van der Waals surface area (Å²) in [6.45, 7) is 0. The molecule has 0 bridgehead atoms. The fourth-order valence-corrected chi connectivity index (χ4v) is 9.56. The average Bonchev–Trinajstić information content (AvgIpc) is 2.59. The summed E-state index contributed by atoms with van der Waals surface area (Å²) in [6, 6.07) is 10.3. The predicted octanol–water partition coefficient (Wildman–Crippen LogP) is 7.63. The molecule has 12 heteroatoms. The second-order valence-corrected chi connectivity index (χ2v) is 17.9. The van der Waals surface area contributed by atoms with Gasteiger partial charge in [-0.25, -0.2) is 4.79 Å². The van der Waals surface area contributed by atoms with Gasteiger partial charge in [-0.2, -0.15) is 1.33 Å². The number of alkyl halides is 3. The molecule has 0 aliphatic rings. The lowest BCUT2D eigenvalue weighted by atomic mass is 10.1. The molecule has 0 amide bonds. The minimum Gasteiger partial charge on any atom is -0.508 e. The van der Waals surface area contributed by atoms with Gasteiger partial charge < -0.3 is 14.9 Å². The SMILES string of the molecule is O=C(O)[C@@](I)(N(I)I)C(I)(I)c1ccc(Oc2ccc(O)cc2)c(I)c1I. The van der Waals surface area contributed by atoms with E-state index in [-0.39, 0.29) is 5.75 Å². The third-order valence-corrected chi connectivity index (χ3v) is 16.4. The molecule has 2 aromatic rings. The molecule has 5 nitrogen and oxygen atoms in total. The van der Waals surface area contributed by atoms with Crippen molar-refractivity contribution in [3.63, 3.8) is 0 Å². The molecule has 0 aromatic heterocycles. The van der Waals surface area contributed by atoms with Gasteiger partial charge in [-0.15, -0.1) is 0 Å². The Morgan fingerprint density at radius 2 is 1.52 bits per heavy atom. The molecule has 0 heterocycles. The van der Waals surface area contributed by atoms with Crippen LogP contribution < -0.4 is 4.74 Å². The van der Waals surface area contributed by atoms with Crippen LogP contribution in [0.15, 0.2) is 36.4 Å². The minimum atomic E-state index is -1.17. The molecule has 1 atom stereocenters. The topological polar surface area (TPSA) is 70.0 Å². The Morgan fingerprint density at radius 3 is 2.00 bits per heavy atom. The first kappa shape index (κ1) is 25.8. The largest absolute Gasteiger partial charge is 0.508 e. The normalized spacial score (nSPS) is 14.1. The molecule has 27 heavy (non-hydrogen) atoms. The lowest BCUT2D eigenvalue weighted by Crippen LogP contribution is -2.51. The van der Waals surface area contributed by atoms with Crippen molar-refractivity contribution in [3.05, 3.63) is 49.1 Å². The lowest BCUT2D eigenvalue weighted by Gasteiger charge is -2.39. The van der Waals surface area contributed by atoms with Gasteiger partial charge in [0.25, 0.3) is 0 Å². The number of aromatic hydroxyl groups is 1. The molecule has 0 fully saturated rings. The number of benzene rings is 2. The number of phenols is 1. The number of carboxylic acid groups (broad SMARTS) is 1. The van der Waals surface area contributed by atoms with Gasteiger partial charge in [0.05, 0.1) is 3.57 Å². The zero-order valence-electron chi connectivity index (χ0n) is 12.8. The molecule has 0 unspecified atom stereocenters. The van der Waals surface area contributed by atoms with E-state index in [1.807, 2.05) is 80.5 Å². The summed E-state index contributed by atoms with van der Waals surface area (Å²) in [5, 5.41) is 19.3. The van der Waals surface area contributed by atoms with Gasteiger partial charge in [0.1, 0.15) is 18.7 Å². The Balaban J connectivity index is 2.49. The van der Waals surface area contributed by atoms with Crippen LogP contribution >= 0.6 is 159 Å². The number of carbonyl (C=O) groups is 1. The van der Waals surface area contributed by atoms with E-state index in [4.69, 9.17) is 4.74 Å². The van der Waals surface area contributed by atoms with Crippen molar-refractivity contribution in [2.45, 2.75) is 4.97 Å². The smallest absolute Gasteiger partial charge is 0.338 e. The zero-order valence-corrected chi connectivity index (χ0v) is 27.9. The summed E-state index contributed by atoms with van der Waals surface area (Å²) >= 11 is 14.9. The molecule has 0 saturated carbocycles. The Bertz CT molecular complexity index is 860. The van der Waals surface area contributed by atoms with Crippen LogP contribution in [0.25, 0.3) is 0 Å². The highest BCUT2D eigenvalue weighted by atomic mass is 127. The van der Waals surface area contributed by atoms with E-state index in [0.717, 1.165) is 12.7 Å². The van der Waals surface area contributed by atoms with Gasteiger partial charge in [0, 0.05) is 49.3 Å². The van der Waals surface area contributed by atoms with E-state index in [1.54, 1.807) is 25.6 Å². The number of rotatable bonds is 6. The molecule has 2 aromatic carbocycles. The Kier molecular flexibility index (Phi) is 10.0. The van der Waals surface area contributed by atoms with Crippen LogP contribution in [0.5, 0.6) is 17.2 Å². The highest BCUT2D eigenvalue weighted by molar-refractivity contribution is 14.2. The van der Waals surface area contributed by atoms with E-state index in [9.17, 15) is 15.0 Å². The molecule has 0 aliphatic heterocycles. The van der Waals surface area contributed by atoms with Crippen LogP contribution in [0.1, 0.15) is 5.56 Å². The third kappa shape index (κ3) is 5.50. The van der Waals surface area contributed by atoms with Crippen LogP contribution in [0.4, 0.5) is 0 Å². The van der Waals surface area contributed by atoms with E-state index in [1.165, 1.54) is 0 Å². The monoisotopic (exact) mass is 1150 g/mol. The van der Waals surface area contributed by atoms with E-state index >= 15 is 0 Å². The second-order valence-electron chi connectivity index (χ2n) is 5.07. The molecular weight excluding hydrogens is 1150 g/mol. The summed E-state index contributed by atoms with van der Waals surface area (Å²) in [7, 11) is 0. The van der Waals surface area contributed by atoms with Crippen molar-refractivity contribution < 1.29 is 19.7 Å². The molecule has 0 aliphatic carbocycles. The van der Waals surface area contributed by atoms with Crippen molar-refractivity contribution in [2.24, 2.45) is 0 Å².